The van der Waals surface area contributed by atoms with Gasteiger partial charge in [-0.3, -0.25) is 4.90 Å². The van der Waals surface area contributed by atoms with Gasteiger partial charge in [-0.2, -0.15) is 0 Å². The molecule has 2 heteroatoms. The monoisotopic (exact) mass is 196 g/mol. The van der Waals surface area contributed by atoms with E-state index in [9.17, 15) is 0 Å². The molecule has 0 aromatic carbocycles. The van der Waals surface area contributed by atoms with E-state index in [0.29, 0.717) is 11.1 Å². The summed E-state index contributed by atoms with van der Waals surface area (Å²) in [6, 6.07) is 0. The minimum atomic E-state index is 0.384. The van der Waals surface area contributed by atoms with E-state index < -0.39 is 0 Å². The summed E-state index contributed by atoms with van der Waals surface area (Å²) in [7, 11) is 0. The van der Waals surface area contributed by atoms with Crippen LogP contribution in [0.5, 0.6) is 0 Å². The summed E-state index contributed by atoms with van der Waals surface area (Å²) in [5.41, 5.74) is 0.793. The predicted molar refractivity (Wildman–Crippen MR) is 60.5 cm³/mol. The van der Waals surface area contributed by atoms with Gasteiger partial charge in [0.1, 0.15) is 0 Å². The van der Waals surface area contributed by atoms with E-state index in [4.69, 9.17) is 0 Å². The molecule has 2 heterocycles. The Labute approximate surface area is 88.1 Å². The van der Waals surface area contributed by atoms with Crippen LogP contribution >= 0.6 is 0 Å². The van der Waals surface area contributed by atoms with Gasteiger partial charge in [-0.1, -0.05) is 6.92 Å². The molecule has 1 N–H and O–H groups in total. The number of hydrogen-bond donors (Lipinski definition) is 1. The molecule has 2 unspecified atom stereocenters. The lowest BCUT2D eigenvalue weighted by molar-refractivity contribution is 0.134. The molecule has 2 nitrogen and oxygen atoms in total. The van der Waals surface area contributed by atoms with E-state index in [-0.39, 0.29) is 0 Å². The average molecular weight is 196 g/mol. The lowest BCUT2D eigenvalue weighted by Gasteiger charge is -2.36. The van der Waals surface area contributed by atoms with Crippen molar-refractivity contribution in [3.05, 3.63) is 0 Å². The van der Waals surface area contributed by atoms with Crippen molar-refractivity contribution in [1.29, 1.82) is 0 Å². The molecular formula is C12H24N2. The van der Waals surface area contributed by atoms with Crippen molar-refractivity contribution in [3.63, 3.8) is 0 Å². The summed E-state index contributed by atoms with van der Waals surface area (Å²) in [4.78, 5) is 2.67. The van der Waals surface area contributed by atoms with Crippen LogP contribution in [0.4, 0.5) is 0 Å². The second kappa shape index (κ2) is 3.21. The van der Waals surface area contributed by atoms with Crippen LogP contribution in [-0.4, -0.2) is 35.6 Å². The number of rotatable bonds is 2. The van der Waals surface area contributed by atoms with E-state index >= 15 is 0 Å². The molecule has 0 aromatic heterocycles. The van der Waals surface area contributed by atoms with E-state index in [1.165, 1.54) is 32.5 Å². The molecule has 0 amide bonds. The Kier molecular flexibility index (Phi) is 2.39. The summed E-state index contributed by atoms with van der Waals surface area (Å²) in [6.07, 6.45) is 2.61. The highest BCUT2D eigenvalue weighted by molar-refractivity contribution is 5.07. The van der Waals surface area contributed by atoms with Gasteiger partial charge in [0.2, 0.25) is 0 Å². The molecule has 2 saturated heterocycles. The average Bonchev–Trinajstić information content (AvgIpc) is 2.59. The largest absolute Gasteiger partial charge is 0.310 e. The van der Waals surface area contributed by atoms with Gasteiger partial charge in [0.05, 0.1) is 0 Å². The van der Waals surface area contributed by atoms with Gasteiger partial charge in [0, 0.05) is 24.2 Å². The molecular weight excluding hydrogens is 172 g/mol. The van der Waals surface area contributed by atoms with Crippen LogP contribution in [-0.2, 0) is 0 Å². The SMILES string of the molecule is CCC(C)(C)N1CC2CCNC2(C)C1. The van der Waals surface area contributed by atoms with Crippen LogP contribution in [0, 0.1) is 5.92 Å². The first-order valence-electron chi connectivity index (χ1n) is 5.98. The van der Waals surface area contributed by atoms with Crippen molar-refractivity contribution in [1.82, 2.24) is 10.2 Å². The topological polar surface area (TPSA) is 15.3 Å². The molecule has 0 bridgehead atoms. The van der Waals surface area contributed by atoms with Crippen molar-refractivity contribution in [3.8, 4) is 0 Å². The first-order valence-corrected chi connectivity index (χ1v) is 5.98. The zero-order valence-electron chi connectivity index (χ0n) is 10.1. The molecule has 2 fully saturated rings. The third kappa shape index (κ3) is 1.49. The van der Waals surface area contributed by atoms with E-state index in [0.717, 1.165) is 5.92 Å². The number of nitrogens with one attached hydrogen (secondary N) is 1. The smallest absolute Gasteiger partial charge is 0.0321 e. The molecule has 2 aliphatic heterocycles. The van der Waals surface area contributed by atoms with Crippen molar-refractivity contribution in [2.24, 2.45) is 5.92 Å². The number of hydrogen-bond acceptors (Lipinski definition) is 2. The highest BCUT2D eigenvalue weighted by Crippen LogP contribution is 2.38. The maximum absolute atomic E-state index is 3.68. The zero-order valence-corrected chi connectivity index (χ0v) is 10.1. The fraction of sp³-hybridized carbons (Fsp3) is 1.00. The quantitative estimate of drug-likeness (QED) is 0.725. The fourth-order valence-electron chi connectivity index (χ4n) is 2.88. The Morgan fingerprint density at radius 3 is 2.79 bits per heavy atom. The second-order valence-electron chi connectivity index (χ2n) is 5.88. The maximum atomic E-state index is 3.68. The van der Waals surface area contributed by atoms with Gasteiger partial charge < -0.3 is 5.32 Å². The van der Waals surface area contributed by atoms with Crippen LogP contribution in [0.25, 0.3) is 0 Å². The lowest BCUT2D eigenvalue weighted by atomic mass is 9.91. The van der Waals surface area contributed by atoms with Crippen LogP contribution in [0.2, 0.25) is 0 Å². The maximum Gasteiger partial charge on any atom is 0.0321 e. The number of nitrogens with zero attached hydrogens (tertiary/aromatic N) is 1. The van der Waals surface area contributed by atoms with Gasteiger partial charge in [0.25, 0.3) is 0 Å². The van der Waals surface area contributed by atoms with Gasteiger partial charge in [0.15, 0.2) is 0 Å². The van der Waals surface area contributed by atoms with Gasteiger partial charge in [-0.05, 0) is 46.1 Å². The van der Waals surface area contributed by atoms with E-state index in [2.05, 4.69) is 37.9 Å². The van der Waals surface area contributed by atoms with Crippen molar-refractivity contribution >= 4 is 0 Å². The normalized spacial score (nSPS) is 39.0. The number of fused-ring (bicyclic) bond motifs is 1. The van der Waals surface area contributed by atoms with Crippen molar-refractivity contribution in [2.45, 2.75) is 51.6 Å². The summed E-state index contributed by atoms with van der Waals surface area (Å²) in [5, 5.41) is 3.68. The Bertz CT molecular complexity index is 224. The lowest BCUT2D eigenvalue weighted by Crippen LogP contribution is -2.48. The summed E-state index contributed by atoms with van der Waals surface area (Å²) >= 11 is 0. The van der Waals surface area contributed by atoms with Gasteiger partial charge in [-0.25, -0.2) is 0 Å². The summed E-state index contributed by atoms with van der Waals surface area (Å²) in [5.74, 6) is 0.883. The highest BCUT2D eigenvalue weighted by atomic mass is 15.3. The highest BCUT2D eigenvalue weighted by Gasteiger charge is 2.48. The zero-order chi connectivity index (χ0) is 10.4. The Balaban J connectivity index is 2.08. The fourth-order valence-corrected chi connectivity index (χ4v) is 2.88. The van der Waals surface area contributed by atoms with Crippen molar-refractivity contribution in [2.75, 3.05) is 19.6 Å². The first kappa shape index (κ1) is 10.4. The molecule has 0 aromatic rings. The molecule has 0 aliphatic carbocycles. The molecule has 0 radical (unpaired) electrons. The van der Waals surface area contributed by atoms with Crippen LogP contribution in [0.3, 0.4) is 0 Å². The minimum Gasteiger partial charge on any atom is -0.310 e. The Hall–Kier alpha value is -0.0800. The van der Waals surface area contributed by atoms with Gasteiger partial charge in [-0.15, -0.1) is 0 Å². The standard InChI is InChI=1S/C12H24N2/c1-5-11(2,3)14-8-10-6-7-13-12(10,4)9-14/h10,13H,5-9H2,1-4H3. The third-order valence-corrected chi connectivity index (χ3v) is 4.60. The van der Waals surface area contributed by atoms with Crippen LogP contribution in [0.1, 0.15) is 40.5 Å². The summed E-state index contributed by atoms with van der Waals surface area (Å²) in [6.45, 7) is 13.2. The third-order valence-electron chi connectivity index (χ3n) is 4.60. The molecule has 2 aliphatic rings. The molecule has 82 valence electrons. The molecule has 14 heavy (non-hydrogen) atoms. The molecule has 2 rings (SSSR count). The van der Waals surface area contributed by atoms with Crippen molar-refractivity contribution < 1.29 is 0 Å². The van der Waals surface area contributed by atoms with Crippen LogP contribution < -0.4 is 5.32 Å². The Morgan fingerprint density at radius 2 is 2.21 bits per heavy atom. The molecule has 0 saturated carbocycles. The summed E-state index contributed by atoms with van der Waals surface area (Å²) < 4.78 is 0. The van der Waals surface area contributed by atoms with Crippen LogP contribution in [0.15, 0.2) is 0 Å². The van der Waals surface area contributed by atoms with E-state index in [1.54, 1.807) is 0 Å². The minimum absolute atomic E-state index is 0.384. The van der Waals surface area contributed by atoms with E-state index in [1.807, 2.05) is 0 Å². The second-order valence-corrected chi connectivity index (χ2v) is 5.88. The molecule has 0 spiro atoms. The first-order chi connectivity index (χ1) is 6.48. The van der Waals surface area contributed by atoms with Gasteiger partial charge >= 0.3 is 0 Å². The Morgan fingerprint density at radius 1 is 1.50 bits per heavy atom. The predicted octanol–water partition coefficient (Wildman–Crippen LogP) is 1.86. The molecule has 2 atom stereocenters. The number of likely N-dealkylation sites (tertiary alicyclic amines) is 1.